The third-order valence-corrected chi connectivity index (χ3v) is 4.56. The van der Waals surface area contributed by atoms with Crippen LogP contribution >= 0.6 is 0 Å². The van der Waals surface area contributed by atoms with Gasteiger partial charge in [-0.05, 0) is 48.9 Å². The maximum Gasteiger partial charge on any atom is 0.343 e. The molecule has 0 saturated carbocycles. The Labute approximate surface area is 171 Å². The van der Waals surface area contributed by atoms with Crippen molar-refractivity contribution < 1.29 is 28.6 Å². The van der Waals surface area contributed by atoms with Crippen LogP contribution in [0.15, 0.2) is 57.7 Å². The molecule has 0 aliphatic carbocycles. The molecule has 0 bridgehead atoms. The van der Waals surface area contributed by atoms with Gasteiger partial charge in [0, 0.05) is 24.1 Å². The number of rotatable bonds is 6. The minimum atomic E-state index is -0.917. The van der Waals surface area contributed by atoms with Crippen molar-refractivity contribution in [3.63, 3.8) is 0 Å². The number of methoxy groups -OCH3 is 1. The summed E-state index contributed by atoms with van der Waals surface area (Å²) >= 11 is 0. The number of halogens is 1. The van der Waals surface area contributed by atoms with Gasteiger partial charge in [0.25, 0.3) is 0 Å². The minimum absolute atomic E-state index is 0.112. The number of ether oxygens (including phenoxy) is 1. The predicted octanol–water partition coefficient (Wildman–Crippen LogP) is 3.67. The molecule has 8 heteroatoms. The van der Waals surface area contributed by atoms with Crippen LogP contribution in [0.25, 0.3) is 0 Å². The van der Waals surface area contributed by atoms with Crippen molar-refractivity contribution in [2.24, 2.45) is 0 Å². The van der Waals surface area contributed by atoms with Gasteiger partial charge in [-0.25, -0.2) is 9.18 Å². The second kappa shape index (κ2) is 8.69. The van der Waals surface area contributed by atoms with Crippen LogP contribution in [-0.4, -0.2) is 23.2 Å². The van der Waals surface area contributed by atoms with E-state index in [1.165, 1.54) is 56.5 Å². The zero-order valence-corrected chi connectivity index (χ0v) is 16.3. The normalized spacial score (nSPS) is 11.7. The Bertz CT molecular complexity index is 1120. The summed E-state index contributed by atoms with van der Waals surface area (Å²) in [7, 11) is 1.39. The highest BCUT2D eigenvalue weighted by Gasteiger charge is 2.26. The molecule has 1 aromatic heterocycles. The number of hydrogen-bond donors (Lipinski definition) is 3. The molecule has 0 aliphatic heterocycles. The van der Waals surface area contributed by atoms with Crippen LogP contribution in [0.4, 0.5) is 10.1 Å². The first kappa shape index (κ1) is 20.9. The Kier molecular flexibility index (Phi) is 6.06. The predicted molar refractivity (Wildman–Crippen MR) is 108 cm³/mol. The summed E-state index contributed by atoms with van der Waals surface area (Å²) < 4.78 is 23.2. The number of phenolic OH excluding ortho intramolecular Hbond substituents is 1. The molecular formula is C22H20FNO6. The minimum Gasteiger partial charge on any atom is -0.507 e. The molecule has 30 heavy (non-hydrogen) atoms. The zero-order valence-electron chi connectivity index (χ0n) is 16.3. The number of benzene rings is 2. The van der Waals surface area contributed by atoms with Crippen LogP contribution in [0.5, 0.6) is 17.2 Å². The van der Waals surface area contributed by atoms with E-state index < -0.39 is 23.3 Å². The molecule has 1 heterocycles. The summed E-state index contributed by atoms with van der Waals surface area (Å²) in [5, 5.41) is 23.1. The molecule has 3 aromatic rings. The van der Waals surface area contributed by atoms with Crippen molar-refractivity contribution in [3.05, 3.63) is 81.7 Å². The van der Waals surface area contributed by atoms with E-state index in [1.54, 1.807) is 6.07 Å². The van der Waals surface area contributed by atoms with Crippen LogP contribution in [0, 0.1) is 12.7 Å². The molecule has 0 unspecified atom stereocenters. The quantitative estimate of drug-likeness (QED) is 0.569. The summed E-state index contributed by atoms with van der Waals surface area (Å²) in [6, 6.07) is 10.9. The first-order valence-corrected chi connectivity index (χ1v) is 9.04. The average molecular weight is 413 g/mol. The van der Waals surface area contributed by atoms with Gasteiger partial charge < -0.3 is 24.7 Å². The maximum absolute atomic E-state index is 13.1. The van der Waals surface area contributed by atoms with Crippen LogP contribution in [0.3, 0.4) is 0 Å². The van der Waals surface area contributed by atoms with Gasteiger partial charge in [0.2, 0.25) is 5.91 Å². The molecule has 1 atom stereocenters. The molecule has 0 aliphatic rings. The summed E-state index contributed by atoms with van der Waals surface area (Å²) in [4.78, 5) is 25.1. The molecule has 0 saturated heterocycles. The van der Waals surface area contributed by atoms with Crippen molar-refractivity contribution in [3.8, 4) is 17.2 Å². The van der Waals surface area contributed by atoms with Gasteiger partial charge in [0.15, 0.2) is 11.5 Å². The number of carbonyl (C=O) groups excluding carboxylic acids is 1. The highest BCUT2D eigenvalue weighted by Crippen LogP contribution is 2.36. The van der Waals surface area contributed by atoms with Crippen molar-refractivity contribution in [1.82, 2.24) is 0 Å². The van der Waals surface area contributed by atoms with Gasteiger partial charge in [-0.1, -0.05) is 6.07 Å². The van der Waals surface area contributed by atoms with Gasteiger partial charge in [0.1, 0.15) is 17.3 Å². The highest BCUT2D eigenvalue weighted by atomic mass is 19.1. The number of phenols is 1. The molecule has 156 valence electrons. The van der Waals surface area contributed by atoms with Crippen molar-refractivity contribution in [2.75, 3.05) is 12.4 Å². The average Bonchev–Trinajstić information content (AvgIpc) is 2.68. The van der Waals surface area contributed by atoms with E-state index in [0.29, 0.717) is 11.3 Å². The third-order valence-electron chi connectivity index (χ3n) is 4.56. The number of aryl methyl sites for hydroxylation is 1. The lowest BCUT2D eigenvalue weighted by Crippen LogP contribution is -2.21. The molecule has 3 rings (SSSR count). The lowest BCUT2D eigenvalue weighted by molar-refractivity contribution is -0.116. The summed E-state index contributed by atoms with van der Waals surface area (Å²) in [6.07, 6.45) is -0.246. The molecule has 3 N–H and O–H groups in total. The van der Waals surface area contributed by atoms with Gasteiger partial charge in [-0.3, -0.25) is 4.79 Å². The molecule has 2 aromatic carbocycles. The van der Waals surface area contributed by atoms with E-state index in [9.17, 15) is 24.2 Å². The molecular weight excluding hydrogens is 393 g/mol. The highest BCUT2D eigenvalue weighted by molar-refractivity contribution is 5.91. The summed E-state index contributed by atoms with van der Waals surface area (Å²) in [5.74, 6) is -1.92. The monoisotopic (exact) mass is 413 g/mol. The molecule has 0 spiro atoms. The largest absolute Gasteiger partial charge is 0.507 e. The Hall–Kier alpha value is -3.81. The summed E-state index contributed by atoms with van der Waals surface area (Å²) in [6.45, 7) is 1.51. The number of anilines is 1. The fraction of sp³-hybridized carbons (Fsp3) is 0.182. The van der Waals surface area contributed by atoms with Crippen LogP contribution < -0.4 is 15.7 Å². The van der Waals surface area contributed by atoms with Crippen molar-refractivity contribution in [1.29, 1.82) is 0 Å². The van der Waals surface area contributed by atoms with Crippen molar-refractivity contribution >= 4 is 11.6 Å². The Morgan fingerprint density at radius 1 is 1.13 bits per heavy atom. The second-order valence-corrected chi connectivity index (χ2v) is 6.69. The van der Waals surface area contributed by atoms with E-state index in [1.807, 2.05) is 0 Å². The topological polar surface area (TPSA) is 109 Å². The van der Waals surface area contributed by atoms with Gasteiger partial charge in [-0.2, -0.15) is 0 Å². The fourth-order valence-electron chi connectivity index (χ4n) is 3.17. The van der Waals surface area contributed by atoms with Crippen LogP contribution in [-0.2, 0) is 4.79 Å². The van der Waals surface area contributed by atoms with Crippen LogP contribution in [0.1, 0.15) is 29.2 Å². The number of amides is 1. The molecule has 0 radical (unpaired) electrons. The lowest BCUT2D eigenvalue weighted by atomic mass is 9.88. The van der Waals surface area contributed by atoms with E-state index in [4.69, 9.17) is 9.15 Å². The summed E-state index contributed by atoms with van der Waals surface area (Å²) in [5.41, 5.74) is -0.131. The Balaban J connectivity index is 1.99. The van der Waals surface area contributed by atoms with E-state index in [-0.39, 0.29) is 35.0 Å². The Morgan fingerprint density at radius 2 is 1.83 bits per heavy atom. The van der Waals surface area contributed by atoms with Crippen LogP contribution in [0.2, 0.25) is 0 Å². The standard InChI is InChI=1S/C22H20FNO6/c1-12-9-18(26)21(22(28)30-12)16(13-3-8-19(29-2)17(25)10-13)11-20(27)24-15-6-4-14(23)5-7-15/h3-10,16,25-26H,11H2,1-2H3,(H,24,27)/t16-/m1/s1. The van der Waals surface area contributed by atoms with E-state index in [2.05, 4.69) is 5.32 Å². The zero-order chi connectivity index (χ0) is 21.8. The third kappa shape index (κ3) is 4.60. The van der Waals surface area contributed by atoms with Gasteiger partial charge >= 0.3 is 5.63 Å². The SMILES string of the molecule is COc1ccc([C@@H](CC(=O)Nc2ccc(F)cc2)c2c(O)cc(C)oc2=O)cc1O. The van der Waals surface area contributed by atoms with Crippen molar-refractivity contribution in [2.45, 2.75) is 19.3 Å². The first-order chi connectivity index (χ1) is 14.3. The fourth-order valence-corrected chi connectivity index (χ4v) is 3.17. The molecule has 7 nitrogen and oxygen atoms in total. The first-order valence-electron chi connectivity index (χ1n) is 9.04. The molecule has 0 fully saturated rings. The number of aromatic hydroxyl groups is 2. The van der Waals surface area contributed by atoms with E-state index in [0.717, 1.165) is 0 Å². The van der Waals surface area contributed by atoms with Gasteiger partial charge in [-0.15, -0.1) is 0 Å². The molecule has 1 amide bonds. The second-order valence-electron chi connectivity index (χ2n) is 6.69. The smallest absolute Gasteiger partial charge is 0.343 e. The van der Waals surface area contributed by atoms with Gasteiger partial charge in [0.05, 0.1) is 12.7 Å². The number of hydrogen-bond acceptors (Lipinski definition) is 6. The lowest BCUT2D eigenvalue weighted by Gasteiger charge is -2.19. The van der Waals surface area contributed by atoms with E-state index >= 15 is 0 Å². The maximum atomic E-state index is 13.1. The number of nitrogens with one attached hydrogen (secondary N) is 1. The number of carbonyl (C=O) groups is 1. The Morgan fingerprint density at radius 3 is 2.43 bits per heavy atom.